The summed E-state index contributed by atoms with van der Waals surface area (Å²) in [4.78, 5) is 7.81. The molecule has 3 aromatic rings. The van der Waals surface area contributed by atoms with Gasteiger partial charge >= 0.3 is 0 Å². The molecule has 0 aliphatic heterocycles. The van der Waals surface area contributed by atoms with Gasteiger partial charge in [-0.05, 0) is 12.1 Å². The number of benzene rings is 1. The molecule has 0 unspecified atom stereocenters. The molecule has 0 aliphatic carbocycles. The van der Waals surface area contributed by atoms with E-state index < -0.39 is 5.82 Å². The number of aromatic nitrogens is 3. The van der Waals surface area contributed by atoms with Crippen LogP contribution < -0.4 is 0 Å². The van der Waals surface area contributed by atoms with Gasteiger partial charge in [0.1, 0.15) is 11.8 Å². The number of halogens is 1. The highest BCUT2D eigenvalue weighted by molar-refractivity contribution is 5.83. The van der Waals surface area contributed by atoms with Gasteiger partial charge < -0.3 is 0 Å². The van der Waals surface area contributed by atoms with Crippen LogP contribution in [0.4, 0.5) is 4.39 Å². The second kappa shape index (κ2) is 3.93. The molecule has 0 bridgehead atoms. The zero-order valence-corrected chi connectivity index (χ0v) is 9.21. The van der Waals surface area contributed by atoms with Gasteiger partial charge in [0.15, 0.2) is 5.82 Å². The molecule has 0 saturated carbocycles. The van der Waals surface area contributed by atoms with Gasteiger partial charge in [0.25, 0.3) is 0 Å². The Morgan fingerprint density at radius 3 is 2.61 bits per heavy atom. The second-order valence-corrected chi connectivity index (χ2v) is 3.74. The van der Waals surface area contributed by atoms with Crippen molar-refractivity contribution in [1.82, 2.24) is 14.5 Å². The third-order valence-electron chi connectivity index (χ3n) is 2.63. The molecule has 2 heterocycles. The summed E-state index contributed by atoms with van der Waals surface area (Å²) in [6.45, 7) is 0. The lowest BCUT2D eigenvalue weighted by molar-refractivity contribution is 0.611. The van der Waals surface area contributed by atoms with E-state index in [1.807, 2.05) is 24.3 Å². The molecule has 0 atom stereocenters. The molecule has 2 aromatic heterocycles. The number of hydrogen-bond donors (Lipinski definition) is 0. The van der Waals surface area contributed by atoms with E-state index in [-0.39, 0.29) is 5.95 Å². The fourth-order valence-electron chi connectivity index (χ4n) is 1.87. The highest BCUT2D eigenvalue weighted by atomic mass is 19.1. The van der Waals surface area contributed by atoms with Crippen LogP contribution >= 0.6 is 0 Å². The van der Waals surface area contributed by atoms with Gasteiger partial charge in [-0.1, -0.05) is 18.2 Å². The van der Waals surface area contributed by atoms with E-state index in [4.69, 9.17) is 5.26 Å². The topological polar surface area (TPSA) is 54.5 Å². The van der Waals surface area contributed by atoms with Gasteiger partial charge in [-0.2, -0.15) is 5.26 Å². The Labute approximate surface area is 102 Å². The van der Waals surface area contributed by atoms with Crippen molar-refractivity contribution in [2.45, 2.75) is 0 Å². The molecule has 0 fully saturated rings. The summed E-state index contributed by atoms with van der Waals surface area (Å²) < 4.78 is 14.4. The van der Waals surface area contributed by atoms with Crippen molar-refractivity contribution in [1.29, 1.82) is 5.26 Å². The summed E-state index contributed by atoms with van der Waals surface area (Å²) in [7, 11) is 0. The Morgan fingerprint density at radius 1 is 1.17 bits per heavy atom. The molecule has 4 nitrogen and oxygen atoms in total. The van der Waals surface area contributed by atoms with E-state index in [9.17, 15) is 4.39 Å². The number of rotatable bonds is 1. The highest BCUT2D eigenvalue weighted by Gasteiger charge is 2.11. The lowest BCUT2D eigenvalue weighted by Gasteiger charge is -2.03. The van der Waals surface area contributed by atoms with Crippen LogP contribution in [-0.2, 0) is 0 Å². The van der Waals surface area contributed by atoms with Gasteiger partial charge in [-0.3, -0.25) is 4.57 Å². The first-order chi connectivity index (χ1) is 8.79. The van der Waals surface area contributed by atoms with Gasteiger partial charge in [0.2, 0.25) is 5.95 Å². The van der Waals surface area contributed by atoms with Crippen LogP contribution in [-0.4, -0.2) is 14.5 Å². The molecule has 86 valence electrons. The lowest BCUT2D eigenvalue weighted by Crippen LogP contribution is -2.02. The Morgan fingerprint density at radius 2 is 1.89 bits per heavy atom. The Kier molecular flexibility index (Phi) is 2.27. The molecular weight excluding hydrogens is 231 g/mol. The molecule has 0 amide bonds. The average molecular weight is 238 g/mol. The molecule has 5 heteroatoms. The second-order valence-electron chi connectivity index (χ2n) is 3.74. The predicted molar refractivity (Wildman–Crippen MR) is 63.5 cm³/mol. The van der Waals surface area contributed by atoms with Gasteiger partial charge in [0, 0.05) is 5.39 Å². The summed E-state index contributed by atoms with van der Waals surface area (Å²) in [5.41, 5.74) is 1.24. The zero-order valence-electron chi connectivity index (χ0n) is 9.21. The molecule has 18 heavy (non-hydrogen) atoms. The van der Waals surface area contributed by atoms with Crippen molar-refractivity contribution in [3.8, 4) is 12.0 Å². The summed E-state index contributed by atoms with van der Waals surface area (Å²) in [6.07, 6.45) is 2.16. The van der Waals surface area contributed by atoms with Crippen LogP contribution in [0.2, 0.25) is 0 Å². The van der Waals surface area contributed by atoms with E-state index in [1.54, 1.807) is 10.6 Å². The van der Waals surface area contributed by atoms with Crippen LogP contribution in [0.5, 0.6) is 0 Å². The van der Waals surface area contributed by atoms with Crippen molar-refractivity contribution >= 4 is 10.9 Å². The summed E-state index contributed by atoms with van der Waals surface area (Å²) in [5.74, 6) is -0.220. The average Bonchev–Trinajstić information content (AvgIpc) is 2.78. The number of fused-ring (bicyclic) bond motifs is 1. The summed E-state index contributed by atoms with van der Waals surface area (Å²) in [6, 6.07) is 11.4. The maximum atomic E-state index is 12.8. The third-order valence-corrected chi connectivity index (χ3v) is 2.63. The van der Waals surface area contributed by atoms with Crippen molar-refractivity contribution < 1.29 is 4.39 Å². The lowest BCUT2D eigenvalue weighted by atomic mass is 10.2. The largest absolute Gasteiger partial charge is 0.269 e. The van der Waals surface area contributed by atoms with Crippen molar-refractivity contribution in [3.63, 3.8) is 0 Å². The van der Waals surface area contributed by atoms with Crippen molar-refractivity contribution in [2.75, 3.05) is 0 Å². The SMILES string of the molecule is N#Cc1cc2ccccc2n1-c1ncc(F)cn1. The Bertz CT molecular complexity index is 753. The molecule has 0 saturated heterocycles. The number of para-hydroxylation sites is 1. The van der Waals surface area contributed by atoms with E-state index in [0.29, 0.717) is 5.69 Å². The Balaban J connectivity index is 2.33. The van der Waals surface area contributed by atoms with Crippen molar-refractivity contribution in [3.05, 3.63) is 54.2 Å². The Hall–Kier alpha value is -2.74. The van der Waals surface area contributed by atoms with E-state index >= 15 is 0 Å². The smallest absolute Gasteiger partial charge is 0.235 e. The van der Waals surface area contributed by atoms with Gasteiger partial charge in [-0.15, -0.1) is 0 Å². The van der Waals surface area contributed by atoms with E-state index in [1.165, 1.54) is 0 Å². The maximum Gasteiger partial charge on any atom is 0.235 e. The first-order valence-electron chi connectivity index (χ1n) is 5.28. The van der Waals surface area contributed by atoms with Crippen molar-refractivity contribution in [2.24, 2.45) is 0 Å². The van der Waals surface area contributed by atoms with Crippen LogP contribution in [0.25, 0.3) is 16.9 Å². The fourth-order valence-corrected chi connectivity index (χ4v) is 1.87. The van der Waals surface area contributed by atoms with Crippen LogP contribution in [0, 0.1) is 17.1 Å². The minimum atomic E-state index is -0.506. The van der Waals surface area contributed by atoms with Crippen LogP contribution in [0.3, 0.4) is 0 Å². The highest BCUT2D eigenvalue weighted by Crippen LogP contribution is 2.21. The molecule has 0 aliphatic rings. The monoisotopic (exact) mass is 238 g/mol. The molecular formula is C13H7FN4. The predicted octanol–water partition coefficient (Wildman–Crippen LogP) is 2.43. The quantitative estimate of drug-likeness (QED) is 0.654. The molecule has 3 rings (SSSR count). The van der Waals surface area contributed by atoms with E-state index in [2.05, 4.69) is 16.0 Å². The molecule has 0 spiro atoms. The maximum absolute atomic E-state index is 12.8. The van der Waals surface area contributed by atoms with E-state index in [0.717, 1.165) is 23.3 Å². The van der Waals surface area contributed by atoms with Gasteiger partial charge in [-0.25, -0.2) is 14.4 Å². The summed E-state index contributed by atoms with van der Waals surface area (Å²) in [5, 5.41) is 10.1. The molecule has 0 radical (unpaired) electrons. The number of nitrogens with zero attached hydrogens (tertiary/aromatic N) is 4. The zero-order chi connectivity index (χ0) is 12.5. The molecule has 0 N–H and O–H groups in total. The third kappa shape index (κ3) is 1.52. The number of nitriles is 1. The number of hydrogen-bond acceptors (Lipinski definition) is 3. The minimum absolute atomic E-state index is 0.286. The van der Waals surface area contributed by atoms with Crippen LogP contribution in [0.1, 0.15) is 5.69 Å². The van der Waals surface area contributed by atoms with Gasteiger partial charge in [0.05, 0.1) is 17.9 Å². The minimum Gasteiger partial charge on any atom is -0.269 e. The normalized spacial score (nSPS) is 10.4. The summed E-state index contributed by atoms with van der Waals surface area (Å²) >= 11 is 0. The first-order valence-corrected chi connectivity index (χ1v) is 5.28. The van der Waals surface area contributed by atoms with Crippen LogP contribution in [0.15, 0.2) is 42.7 Å². The fraction of sp³-hybridized carbons (Fsp3) is 0. The standard InChI is InChI=1S/C13H7FN4/c14-10-7-16-13(17-8-10)18-11(6-15)5-9-3-1-2-4-12(9)18/h1-5,7-8H. The first kappa shape index (κ1) is 10.4. The molecule has 1 aromatic carbocycles.